The SMILES string of the molecule is Cc1cc(C(=O)Nc2cc(-n3cnnn3)ccc2C)c2cnn(Cc3cccs3)c2n1. The molecule has 5 aromatic rings. The van der Waals surface area contributed by atoms with Gasteiger partial charge in [0.2, 0.25) is 0 Å². The summed E-state index contributed by atoms with van der Waals surface area (Å²) in [4.78, 5) is 19.0. The van der Waals surface area contributed by atoms with E-state index < -0.39 is 0 Å². The summed E-state index contributed by atoms with van der Waals surface area (Å²) in [5.74, 6) is -0.219. The molecule has 0 bridgehead atoms. The molecule has 1 aromatic carbocycles. The molecular weight excluding hydrogens is 412 g/mol. The second-order valence-electron chi connectivity index (χ2n) is 7.14. The number of thiophene rings is 1. The number of hydrogen-bond acceptors (Lipinski definition) is 7. The van der Waals surface area contributed by atoms with Crippen LogP contribution in [0.3, 0.4) is 0 Å². The number of fused-ring (bicyclic) bond motifs is 1. The maximum Gasteiger partial charge on any atom is 0.256 e. The van der Waals surface area contributed by atoms with Crippen molar-refractivity contribution < 1.29 is 4.79 Å². The number of hydrogen-bond donors (Lipinski definition) is 1. The van der Waals surface area contributed by atoms with Gasteiger partial charge >= 0.3 is 0 Å². The lowest BCUT2D eigenvalue weighted by Crippen LogP contribution is -2.14. The van der Waals surface area contributed by atoms with Crippen molar-refractivity contribution in [1.29, 1.82) is 0 Å². The first-order valence-electron chi connectivity index (χ1n) is 9.59. The number of aromatic nitrogens is 7. The quantitative estimate of drug-likeness (QED) is 0.458. The number of carbonyl (C=O) groups excluding carboxylic acids is 1. The fourth-order valence-electron chi connectivity index (χ4n) is 3.38. The minimum absolute atomic E-state index is 0.219. The Morgan fingerprint density at radius 2 is 2.10 bits per heavy atom. The molecule has 1 amide bonds. The number of carbonyl (C=O) groups is 1. The summed E-state index contributed by atoms with van der Waals surface area (Å²) in [5.41, 5.74) is 4.35. The number of rotatable bonds is 5. The Morgan fingerprint density at radius 3 is 2.87 bits per heavy atom. The van der Waals surface area contributed by atoms with Crippen molar-refractivity contribution in [3.8, 4) is 5.69 Å². The second kappa shape index (κ2) is 7.73. The van der Waals surface area contributed by atoms with Crippen molar-refractivity contribution >= 4 is 34.0 Å². The maximum atomic E-state index is 13.2. The number of tetrazole rings is 1. The summed E-state index contributed by atoms with van der Waals surface area (Å²) in [7, 11) is 0. The third-order valence-electron chi connectivity index (χ3n) is 4.95. The molecule has 0 saturated heterocycles. The molecule has 0 spiro atoms. The van der Waals surface area contributed by atoms with Gasteiger partial charge in [-0.3, -0.25) is 4.79 Å². The third kappa shape index (κ3) is 3.68. The first-order chi connectivity index (χ1) is 15.1. The van der Waals surface area contributed by atoms with Crippen LogP contribution >= 0.6 is 11.3 Å². The lowest BCUT2D eigenvalue weighted by molar-refractivity contribution is 0.102. The lowest BCUT2D eigenvalue weighted by Gasteiger charge is -2.11. The minimum Gasteiger partial charge on any atom is -0.322 e. The maximum absolute atomic E-state index is 13.2. The van der Waals surface area contributed by atoms with Gasteiger partial charge in [-0.1, -0.05) is 12.1 Å². The van der Waals surface area contributed by atoms with E-state index >= 15 is 0 Å². The summed E-state index contributed by atoms with van der Waals surface area (Å²) in [6.45, 7) is 4.43. The zero-order valence-electron chi connectivity index (χ0n) is 16.9. The molecule has 0 unspecified atom stereocenters. The molecule has 10 heteroatoms. The average molecular weight is 430 g/mol. The first-order valence-corrected chi connectivity index (χ1v) is 10.5. The molecule has 1 N–H and O–H groups in total. The minimum atomic E-state index is -0.219. The summed E-state index contributed by atoms with van der Waals surface area (Å²) in [6.07, 6.45) is 3.21. The Bertz CT molecular complexity index is 1370. The van der Waals surface area contributed by atoms with Crippen molar-refractivity contribution in [2.75, 3.05) is 5.32 Å². The summed E-state index contributed by atoms with van der Waals surface area (Å²) < 4.78 is 3.37. The Morgan fingerprint density at radius 1 is 1.19 bits per heavy atom. The normalized spacial score (nSPS) is 11.2. The lowest BCUT2D eigenvalue weighted by atomic mass is 10.1. The van der Waals surface area contributed by atoms with Gasteiger partial charge in [0.15, 0.2) is 5.65 Å². The number of nitrogens with one attached hydrogen (secondary N) is 1. The smallest absolute Gasteiger partial charge is 0.256 e. The van der Waals surface area contributed by atoms with Crippen LogP contribution in [0.5, 0.6) is 0 Å². The molecule has 0 aliphatic heterocycles. The van der Waals surface area contributed by atoms with E-state index in [9.17, 15) is 4.79 Å². The Labute approximate surface area is 181 Å². The van der Waals surface area contributed by atoms with Crippen molar-refractivity contribution in [3.05, 3.63) is 76.0 Å². The Kier molecular flexibility index (Phi) is 4.75. The number of amides is 1. The van der Waals surface area contributed by atoms with Crippen LogP contribution < -0.4 is 5.32 Å². The van der Waals surface area contributed by atoms with Crippen LogP contribution in [0.4, 0.5) is 5.69 Å². The summed E-state index contributed by atoms with van der Waals surface area (Å²) >= 11 is 1.66. The summed E-state index contributed by atoms with van der Waals surface area (Å²) in [6, 6.07) is 11.5. The van der Waals surface area contributed by atoms with E-state index in [0.29, 0.717) is 28.8 Å². The van der Waals surface area contributed by atoms with Gasteiger partial charge in [0.1, 0.15) is 6.33 Å². The van der Waals surface area contributed by atoms with Crippen LogP contribution in [-0.2, 0) is 6.54 Å². The van der Waals surface area contributed by atoms with Gasteiger partial charge in [0.25, 0.3) is 5.91 Å². The predicted octanol–water partition coefficient (Wildman–Crippen LogP) is 3.39. The molecule has 4 heterocycles. The van der Waals surface area contributed by atoms with Crippen molar-refractivity contribution in [3.63, 3.8) is 0 Å². The fraction of sp³-hybridized carbons (Fsp3) is 0.143. The standard InChI is InChI=1S/C21H18N8OS/c1-13-5-6-15(29-12-22-26-27-29)9-19(13)25-21(30)17-8-14(2)24-20-18(17)10-23-28(20)11-16-4-3-7-31-16/h3-10,12H,11H2,1-2H3,(H,25,30). The highest BCUT2D eigenvalue weighted by Crippen LogP contribution is 2.24. The fourth-order valence-corrected chi connectivity index (χ4v) is 4.07. The highest BCUT2D eigenvalue weighted by molar-refractivity contribution is 7.09. The Balaban J connectivity index is 1.49. The molecule has 0 atom stereocenters. The van der Waals surface area contributed by atoms with Gasteiger partial charge in [-0.25, -0.2) is 14.3 Å². The number of nitrogens with zero attached hydrogens (tertiary/aromatic N) is 7. The molecule has 154 valence electrons. The average Bonchev–Trinajstić information content (AvgIpc) is 3.52. The molecule has 0 aliphatic carbocycles. The van der Waals surface area contributed by atoms with Crippen LogP contribution in [-0.4, -0.2) is 40.9 Å². The molecule has 31 heavy (non-hydrogen) atoms. The molecule has 4 aromatic heterocycles. The van der Waals surface area contributed by atoms with Crippen LogP contribution in [0.1, 0.15) is 26.5 Å². The van der Waals surface area contributed by atoms with Gasteiger partial charge in [0, 0.05) is 16.3 Å². The highest BCUT2D eigenvalue weighted by Gasteiger charge is 2.17. The van der Waals surface area contributed by atoms with Gasteiger partial charge in [0.05, 0.1) is 29.4 Å². The van der Waals surface area contributed by atoms with E-state index in [1.165, 1.54) is 11.2 Å². The van der Waals surface area contributed by atoms with Gasteiger partial charge in [-0.05, 0) is 59.5 Å². The van der Waals surface area contributed by atoms with Crippen molar-refractivity contribution in [2.45, 2.75) is 20.4 Å². The van der Waals surface area contributed by atoms with E-state index in [1.807, 2.05) is 48.2 Å². The van der Waals surface area contributed by atoms with Crippen molar-refractivity contribution in [2.24, 2.45) is 0 Å². The topological polar surface area (TPSA) is 103 Å². The van der Waals surface area contributed by atoms with E-state index in [4.69, 9.17) is 0 Å². The van der Waals surface area contributed by atoms with Gasteiger partial charge < -0.3 is 5.32 Å². The monoisotopic (exact) mass is 430 g/mol. The number of aryl methyl sites for hydroxylation is 2. The van der Waals surface area contributed by atoms with Gasteiger partial charge in [-0.2, -0.15) is 5.10 Å². The number of benzene rings is 1. The third-order valence-corrected chi connectivity index (χ3v) is 5.81. The molecule has 0 aliphatic rings. The van der Waals surface area contributed by atoms with Crippen LogP contribution in [0.2, 0.25) is 0 Å². The molecule has 0 fully saturated rings. The molecule has 0 radical (unpaired) electrons. The Hall–Kier alpha value is -3.92. The van der Waals surface area contributed by atoms with Gasteiger partial charge in [-0.15, -0.1) is 16.4 Å². The van der Waals surface area contributed by atoms with Crippen LogP contribution in [0.25, 0.3) is 16.7 Å². The second-order valence-corrected chi connectivity index (χ2v) is 8.17. The molecular formula is C21H18N8OS. The van der Waals surface area contributed by atoms with E-state index in [2.05, 4.69) is 37.0 Å². The zero-order valence-corrected chi connectivity index (χ0v) is 17.7. The van der Waals surface area contributed by atoms with E-state index in [0.717, 1.165) is 16.9 Å². The highest BCUT2D eigenvalue weighted by atomic mass is 32.1. The summed E-state index contributed by atoms with van der Waals surface area (Å²) in [5, 5.41) is 21.5. The molecule has 5 rings (SSSR count). The molecule has 9 nitrogen and oxygen atoms in total. The largest absolute Gasteiger partial charge is 0.322 e. The van der Waals surface area contributed by atoms with E-state index in [-0.39, 0.29) is 5.91 Å². The zero-order chi connectivity index (χ0) is 21.4. The van der Waals surface area contributed by atoms with Crippen LogP contribution in [0.15, 0.2) is 54.3 Å². The first kappa shape index (κ1) is 19.1. The van der Waals surface area contributed by atoms with Crippen LogP contribution in [0, 0.1) is 13.8 Å². The van der Waals surface area contributed by atoms with Crippen molar-refractivity contribution in [1.82, 2.24) is 35.0 Å². The number of pyridine rings is 1. The number of anilines is 1. The molecule has 0 saturated carbocycles. The van der Waals surface area contributed by atoms with E-state index in [1.54, 1.807) is 28.3 Å². The predicted molar refractivity (Wildman–Crippen MR) is 118 cm³/mol.